The molecule has 6 amide bonds. The van der Waals surface area contributed by atoms with Gasteiger partial charge in [0.05, 0.1) is 13.5 Å². The third-order valence-electron chi connectivity index (χ3n) is 9.97. The summed E-state index contributed by atoms with van der Waals surface area (Å²) >= 11 is 0. The molecule has 0 fully saturated rings. The van der Waals surface area contributed by atoms with Crippen LogP contribution in [0.4, 0.5) is 4.79 Å². The number of carbonyl (C=O) groups excluding carboxylic acids is 6. The van der Waals surface area contributed by atoms with Gasteiger partial charge in [0.15, 0.2) is 0 Å². The molecule has 5 aromatic rings. The summed E-state index contributed by atoms with van der Waals surface area (Å²) in [7, 11) is 1.55. The van der Waals surface area contributed by atoms with Crippen LogP contribution in [0, 0.1) is 0 Å². The van der Waals surface area contributed by atoms with E-state index in [9.17, 15) is 38.7 Å². The van der Waals surface area contributed by atoms with Gasteiger partial charge in [0.1, 0.15) is 41.2 Å². The van der Waals surface area contributed by atoms with E-state index in [0.29, 0.717) is 29.0 Å². The Morgan fingerprint density at radius 2 is 1.41 bits per heavy atom. The number of aliphatic carboxylic acids is 1. The van der Waals surface area contributed by atoms with Gasteiger partial charge < -0.3 is 56.9 Å². The van der Waals surface area contributed by atoms with E-state index in [-0.39, 0.29) is 38.1 Å². The third-order valence-corrected chi connectivity index (χ3v) is 9.97. The van der Waals surface area contributed by atoms with Gasteiger partial charge in [-0.15, -0.1) is 0 Å². The molecule has 18 nitrogen and oxygen atoms in total. The van der Waals surface area contributed by atoms with Crippen LogP contribution < -0.4 is 37.1 Å². The number of methoxy groups -OCH3 is 1. The molecule has 18 heteroatoms. The lowest BCUT2D eigenvalue weighted by Gasteiger charge is -2.27. The first-order valence-electron chi connectivity index (χ1n) is 20.4. The number of alkyl carbamates (subject to hydrolysis) is 1. The minimum atomic E-state index is -1.69. The van der Waals surface area contributed by atoms with Crippen LogP contribution in [0.1, 0.15) is 68.1 Å². The van der Waals surface area contributed by atoms with Crippen LogP contribution in [0.5, 0.6) is 5.75 Å². The number of H-pyrrole nitrogens is 2. The highest BCUT2D eigenvalue weighted by Gasteiger charge is 2.33. The standard InChI is InChI=1S/C45H54N8O10/c1-45(2,3)63-44(61)53-36(23-28-25-48-32-15-9-8-14-30(28)32)42(59)50-33(16-10-11-19-47-40(57)35-22-27-21-29(62-4)17-18-31(27)49-35)41(58)52-37(24-38(54)55)43(60)51-34(39(46)56)20-26-12-6-5-7-13-26/h5-9,12-15,17-18,21-22,25,33-34,36-37,48-49H,10-11,16,19-20,23-24H2,1-4H3,(H2,46,56)(H,47,57)(H,50,59)(H,51,60)(H,52,58)(H,53,61)(H,54,55)/t33-,34-,36-,37-/m0/s1. The zero-order valence-electron chi connectivity index (χ0n) is 35.5. The van der Waals surface area contributed by atoms with E-state index in [4.69, 9.17) is 15.2 Å². The number of ether oxygens (including phenoxy) is 2. The molecule has 10 N–H and O–H groups in total. The van der Waals surface area contributed by atoms with Gasteiger partial charge in [-0.2, -0.15) is 0 Å². The average Bonchev–Trinajstić information content (AvgIpc) is 3.85. The number of benzene rings is 3. The van der Waals surface area contributed by atoms with Crippen molar-refractivity contribution in [2.75, 3.05) is 13.7 Å². The molecule has 334 valence electrons. The van der Waals surface area contributed by atoms with Gasteiger partial charge >= 0.3 is 12.1 Å². The smallest absolute Gasteiger partial charge is 0.408 e. The van der Waals surface area contributed by atoms with E-state index in [2.05, 4.69) is 36.6 Å². The molecule has 0 unspecified atom stereocenters. The molecular weight excluding hydrogens is 813 g/mol. The Balaban J connectivity index is 1.34. The number of amides is 6. The molecule has 5 rings (SSSR count). The maximum absolute atomic E-state index is 14.2. The number of nitrogens with one attached hydrogen (secondary N) is 7. The van der Waals surface area contributed by atoms with Gasteiger partial charge in [0.25, 0.3) is 5.91 Å². The van der Waals surface area contributed by atoms with E-state index >= 15 is 0 Å². The highest BCUT2D eigenvalue weighted by atomic mass is 16.6. The molecule has 3 aromatic carbocycles. The molecule has 0 saturated carbocycles. The van der Waals surface area contributed by atoms with Crippen molar-refractivity contribution < 1.29 is 48.1 Å². The topological polar surface area (TPSA) is 276 Å². The van der Waals surface area contributed by atoms with Crippen LogP contribution in [-0.4, -0.2) is 100 Å². The van der Waals surface area contributed by atoms with Crippen molar-refractivity contribution in [2.45, 2.75) is 89.1 Å². The predicted octanol–water partition coefficient (Wildman–Crippen LogP) is 3.35. The van der Waals surface area contributed by atoms with Gasteiger partial charge in [0.2, 0.25) is 23.6 Å². The second kappa shape index (κ2) is 21.4. The van der Waals surface area contributed by atoms with Crippen LogP contribution in [0.2, 0.25) is 0 Å². The molecule has 0 bridgehead atoms. The first kappa shape index (κ1) is 46.7. The summed E-state index contributed by atoms with van der Waals surface area (Å²) in [6, 6.07) is 17.5. The van der Waals surface area contributed by atoms with Crippen LogP contribution >= 0.6 is 0 Å². The molecule has 2 heterocycles. The van der Waals surface area contributed by atoms with Crippen molar-refractivity contribution >= 4 is 63.4 Å². The molecule has 4 atom stereocenters. The zero-order valence-corrected chi connectivity index (χ0v) is 35.5. The highest BCUT2D eigenvalue weighted by molar-refractivity contribution is 5.99. The maximum atomic E-state index is 14.2. The number of nitrogens with two attached hydrogens (primary N) is 1. The predicted molar refractivity (Wildman–Crippen MR) is 234 cm³/mol. The molecule has 0 aliphatic carbocycles. The molecule has 0 spiro atoms. The number of fused-ring (bicyclic) bond motifs is 2. The lowest BCUT2D eigenvalue weighted by molar-refractivity contribution is -0.141. The Bertz CT molecular complexity index is 2420. The minimum absolute atomic E-state index is 0.00235. The minimum Gasteiger partial charge on any atom is -0.497 e. The van der Waals surface area contributed by atoms with Gasteiger partial charge in [-0.05, 0) is 81.5 Å². The fourth-order valence-electron chi connectivity index (χ4n) is 6.85. The van der Waals surface area contributed by atoms with Crippen LogP contribution in [0.25, 0.3) is 21.8 Å². The van der Waals surface area contributed by atoms with Crippen molar-refractivity contribution in [3.05, 3.63) is 102 Å². The summed E-state index contributed by atoms with van der Waals surface area (Å²) in [6.07, 6.45) is 0.498. The number of para-hydroxylation sites is 1. The van der Waals surface area contributed by atoms with Gasteiger partial charge in [-0.25, -0.2) is 4.79 Å². The van der Waals surface area contributed by atoms with Gasteiger partial charge in [-0.3, -0.25) is 28.8 Å². The van der Waals surface area contributed by atoms with Crippen LogP contribution in [-0.2, 0) is 41.6 Å². The third kappa shape index (κ3) is 13.8. The number of hydrogen-bond acceptors (Lipinski definition) is 9. The Hall–Kier alpha value is -7.37. The summed E-state index contributed by atoms with van der Waals surface area (Å²) in [5, 5.41) is 24.4. The Morgan fingerprint density at radius 1 is 0.746 bits per heavy atom. The molecule has 0 radical (unpaired) electrons. The van der Waals surface area contributed by atoms with E-state index in [1.807, 2.05) is 24.3 Å². The molecular formula is C45H54N8O10. The number of unbranched alkanes of at least 4 members (excludes halogenated alkanes) is 1. The number of rotatable bonds is 21. The van der Waals surface area contributed by atoms with E-state index in [1.165, 1.54) is 0 Å². The van der Waals surface area contributed by atoms with Gasteiger partial charge in [0, 0.05) is 47.4 Å². The molecule has 2 aromatic heterocycles. The number of primary amides is 1. The first-order chi connectivity index (χ1) is 30.0. The van der Waals surface area contributed by atoms with Crippen molar-refractivity contribution in [1.29, 1.82) is 0 Å². The van der Waals surface area contributed by atoms with E-state index in [0.717, 1.165) is 21.8 Å². The Labute approximate surface area is 363 Å². The number of carboxylic acids is 1. The number of carboxylic acid groups (broad SMARTS) is 1. The van der Waals surface area contributed by atoms with Crippen molar-refractivity contribution in [3.8, 4) is 5.75 Å². The average molecular weight is 867 g/mol. The second-order valence-corrected chi connectivity index (χ2v) is 16.0. The zero-order chi connectivity index (χ0) is 45.7. The fraction of sp³-hybridized carbons (Fsp3) is 0.356. The lowest BCUT2D eigenvalue weighted by Crippen LogP contribution is -2.59. The quantitative estimate of drug-likeness (QED) is 0.0485. The summed E-state index contributed by atoms with van der Waals surface area (Å²) in [4.78, 5) is 98.5. The number of hydrogen-bond donors (Lipinski definition) is 9. The van der Waals surface area contributed by atoms with Gasteiger partial charge in [-0.1, -0.05) is 48.5 Å². The SMILES string of the molecule is COc1ccc2[nH]c(C(=O)NCCCC[C@H](NC(=O)[C@H](Cc3c[nH]c4ccccc34)NC(=O)OC(C)(C)C)C(=O)N[C@@H](CC(=O)O)C(=O)N[C@@H](Cc3ccccc3)C(N)=O)cc2c1. The number of carbonyl (C=O) groups is 7. The molecule has 63 heavy (non-hydrogen) atoms. The molecule has 0 aliphatic rings. The lowest BCUT2D eigenvalue weighted by atomic mass is 10.0. The highest BCUT2D eigenvalue weighted by Crippen LogP contribution is 2.22. The summed E-state index contributed by atoms with van der Waals surface area (Å²) < 4.78 is 10.7. The summed E-state index contributed by atoms with van der Waals surface area (Å²) in [5.41, 5.74) is 7.91. The maximum Gasteiger partial charge on any atom is 0.408 e. The second-order valence-electron chi connectivity index (χ2n) is 16.0. The first-order valence-corrected chi connectivity index (χ1v) is 20.4. The largest absolute Gasteiger partial charge is 0.497 e. The van der Waals surface area contributed by atoms with Crippen molar-refractivity contribution in [3.63, 3.8) is 0 Å². The van der Waals surface area contributed by atoms with Crippen LogP contribution in [0.15, 0.2) is 85.1 Å². The Morgan fingerprint density at radius 3 is 2.11 bits per heavy atom. The summed E-state index contributed by atoms with van der Waals surface area (Å²) in [5.74, 6) is -4.72. The van der Waals surface area contributed by atoms with E-state index < -0.39 is 71.9 Å². The Kier molecular flexibility index (Phi) is 15.9. The van der Waals surface area contributed by atoms with E-state index in [1.54, 1.807) is 88.7 Å². The van der Waals surface area contributed by atoms with Crippen molar-refractivity contribution in [1.82, 2.24) is 36.6 Å². The number of aromatic nitrogens is 2. The number of aromatic amines is 2. The van der Waals surface area contributed by atoms with Crippen molar-refractivity contribution in [2.24, 2.45) is 5.73 Å². The normalized spacial score (nSPS) is 13.2. The fourth-order valence-corrected chi connectivity index (χ4v) is 6.85. The molecule has 0 saturated heterocycles. The van der Waals surface area contributed by atoms with Crippen LogP contribution in [0.3, 0.4) is 0 Å². The monoisotopic (exact) mass is 866 g/mol. The summed E-state index contributed by atoms with van der Waals surface area (Å²) in [6.45, 7) is 5.18. The molecule has 0 aliphatic heterocycles.